The Morgan fingerprint density at radius 2 is 1.94 bits per heavy atom. The second-order valence-corrected chi connectivity index (χ2v) is 7.61. The summed E-state index contributed by atoms with van der Waals surface area (Å²) in [6.45, 7) is 1.66. The number of rotatable bonds is 6. The third kappa shape index (κ3) is 5.42. The average Bonchev–Trinajstić information content (AvgIpc) is 3.22. The minimum atomic E-state index is -4.71. The molecule has 0 bridgehead atoms. The van der Waals surface area contributed by atoms with Crippen LogP contribution in [0.4, 0.5) is 17.6 Å². The number of carbonyl (C=O) groups is 1. The number of oxazole rings is 1. The molecule has 180 valence electrons. The Morgan fingerprint density at radius 3 is 2.60 bits per heavy atom. The summed E-state index contributed by atoms with van der Waals surface area (Å²) in [6, 6.07) is 6.26. The summed E-state index contributed by atoms with van der Waals surface area (Å²) >= 11 is 0. The van der Waals surface area contributed by atoms with Gasteiger partial charge in [0.2, 0.25) is 0 Å². The molecule has 0 unspecified atom stereocenters. The minimum Gasteiger partial charge on any atom is -0.432 e. The SMILES string of the molecule is C[C@H](NC(=O)c1cc(Cn2ccoc2=N)cc(-c2cccnc2C(F)(F)F)c1)c1ncc(F)cn1. The van der Waals surface area contributed by atoms with Crippen LogP contribution >= 0.6 is 0 Å². The molecular weight excluding hydrogens is 468 g/mol. The second kappa shape index (κ2) is 9.49. The molecule has 1 amide bonds. The first kappa shape index (κ1) is 23.8. The predicted octanol–water partition coefficient (Wildman–Crippen LogP) is 4.11. The Hall–Kier alpha value is -4.35. The molecule has 2 N–H and O–H groups in total. The molecule has 35 heavy (non-hydrogen) atoms. The number of pyridine rings is 1. The number of alkyl halides is 3. The van der Waals surface area contributed by atoms with E-state index in [2.05, 4.69) is 20.3 Å². The summed E-state index contributed by atoms with van der Waals surface area (Å²) < 4.78 is 60.3. The van der Waals surface area contributed by atoms with Crippen LogP contribution in [0.25, 0.3) is 11.1 Å². The van der Waals surface area contributed by atoms with Crippen molar-refractivity contribution in [1.29, 1.82) is 5.41 Å². The molecule has 0 aliphatic rings. The van der Waals surface area contributed by atoms with Crippen molar-refractivity contribution in [2.75, 3.05) is 0 Å². The number of halogens is 4. The van der Waals surface area contributed by atoms with Crippen LogP contribution in [0.15, 0.2) is 65.8 Å². The summed E-state index contributed by atoms with van der Waals surface area (Å²) in [7, 11) is 0. The van der Waals surface area contributed by atoms with E-state index in [1.54, 1.807) is 6.92 Å². The van der Waals surface area contributed by atoms with Crippen LogP contribution in [0.5, 0.6) is 0 Å². The lowest BCUT2D eigenvalue weighted by Crippen LogP contribution is -2.28. The molecule has 0 fully saturated rings. The number of hydrogen-bond acceptors (Lipinski definition) is 6. The van der Waals surface area contributed by atoms with Gasteiger partial charge < -0.3 is 9.73 Å². The third-order valence-electron chi connectivity index (χ3n) is 5.05. The number of carbonyl (C=O) groups excluding carboxylic acids is 1. The second-order valence-electron chi connectivity index (χ2n) is 7.61. The van der Waals surface area contributed by atoms with Crippen LogP contribution in [-0.4, -0.2) is 25.4 Å². The topological polar surface area (TPSA) is 110 Å². The summed E-state index contributed by atoms with van der Waals surface area (Å²) in [6.07, 6.45) is 1.05. The highest BCUT2D eigenvalue weighted by Crippen LogP contribution is 2.36. The van der Waals surface area contributed by atoms with Gasteiger partial charge in [-0.2, -0.15) is 13.2 Å². The Labute approximate surface area is 195 Å². The molecule has 3 aromatic heterocycles. The van der Waals surface area contributed by atoms with Crippen LogP contribution in [0.3, 0.4) is 0 Å². The zero-order valence-electron chi connectivity index (χ0n) is 18.2. The molecule has 1 aromatic carbocycles. The number of hydrogen-bond donors (Lipinski definition) is 2. The first-order chi connectivity index (χ1) is 16.6. The Kier molecular flexibility index (Phi) is 6.45. The molecule has 4 rings (SSSR count). The van der Waals surface area contributed by atoms with E-state index in [1.807, 2.05) is 0 Å². The molecule has 0 spiro atoms. The normalized spacial score (nSPS) is 12.4. The molecule has 0 radical (unpaired) electrons. The maximum atomic E-state index is 13.6. The average molecular weight is 486 g/mol. The van der Waals surface area contributed by atoms with Gasteiger partial charge >= 0.3 is 6.18 Å². The molecule has 8 nitrogen and oxygen atoms in total. The van der Waals surface area contributed by atoms with Crippen LogP contribution in [-0.2, 0) is 12.7 Å². The van der Waals surface area contributed by atoms with Gasteiger partial charge in [0, 0.05) is 23.5 Å². The molecule has 1 atom stereocenters. The van der Waals surface area contributed by atoms with Crippen LogP contribution in [0, 0.1) is 11.2 Å². The fraction of sp³-hybridized carbons (Fsp3) is 0.174. The fourth-order valence-corrected chi connectivity index (χ4v) is 3.45. The van der Waals surface area contributed by atoms with Gasteiger partial charge in [0.1, 0.15) is 12.1 Å². The van der Waals surface area contributed by atoms with Crippen molar-refractivity contribution >= 4 is 5.91 Å². The Balaban J connectivity index is 1.74. The summed E-state index contributed by atoms with van der Waals surface area (Å²) in [5, 5.41) is 10.5. The molecule has 0 saturated heterocycles. The van der Waals surface area contributed by atoms with Crippen molar-refractivity contribution in [2.45, 2.75) is 25.7 Å². The minimum absolute atomic E-state index is 0.0686. The standard InChI is InChI=1S/C23H18F4N6O2/c1-13(20-30-10-17(24)11-31-20)32-21(34)16-8-14(12-33-5-6-35-22(33)28)7-15(9-16)18-3-2-4-29-19(18)23(25,26)27/h2-11,13,28H,12H2,1H3,(H,32,34)/t13-/m0/s1. The van der Waals surface area contributed by atoms with Crippen LogP contribution in [0.2, 0.25) is 0 Å². The van der Waals surface area contributed by atoms with Crippen molar-refractivity contribution in [3.63, 3.8) is 0 Å². The quantitative estimate of drug-likeness (QED) is 0.399. The highest BCUT2D eigenvalue weighted by molar-refractivity contribution is 5.96. The van der Waals surface area contributed by atoms with E-state index in [9.17, 15) is 22.4 Å². The fourth-order valence-electron chi connectivity index (χ4n) is 3.45. The largest absolute Gasteiger partial charge is 0.433 e. The molecular formula is C23H18F4N6O2. The Morgan fingerprint density at radius 1 is 1.20 bits per heavy atom. The molecule has 0 aliphatic carbocycles. The molecule has 0 saturated carbocycles. The van der Waals surface area contributed by atoms with Gasteiger partial charge in [-0.15, -0.1) is 0 Å². The molecule has 12 heteroatoms. The number of benzene rings is 1. The van der Waals surface area contributed by atoms with Crippen LogP contribution < -0.4 is 11.0 Å². The summed E-state index contributed by atoms with van der Waals surface area (Å²) in [4.78, 5) is 24.2. The van der Waals surface area contributed by atoms with Gasteiger partial charge in [-0.3, -0.25) is 19.8 Å². The molecule has 4 aromatic rings. The van der Waals surface area contributed by atoms with Gasteiger partial charge in [-0.25, -0.2) is 14.4 Å². The number of aromatic nitrogens is 4. The van der Waals surface area contributed by atoms with E-state index in [1.165, 1.54) is 47.4 Å². The maximum Gasteiger partial charge on any atom is 0.433 e. The van der Waals surface area contributed by atoms with Crippen molar-refractivity contribution in [2.24, 2.45) is 0 Å². The lowest BCUT2D eigenvalue weighted by atomic mass is 9.97. The van der Waals surface area contributed by atoms with E-state index in [0.717, 1.165) is 18.6 Å². The Bertz CT molecular complexity index is 1410. The van der Waals surface area contributed by atoms with Gasteiger partial charge in [0.05, 0.1) is 25.0 Å². The molecule has 3 heterocycles. The van der Waals surface area contributed by atoms with E-state index >= 15 is 0 Å². The van der Waals surface area contributed by atoms with Crippen molar-refractivity contribution in [1.82, 2.24) is 24.8 Å². The lowest BCUT2D eigenvalue weighted by Gasteiger charge is -2.16. The smallest absolute Gasteiger partial charge is 0.432 e. The monoisotopic (exact) mass is 486 g/mol. The third-order valence-corrected chi connectivity index (χ3v) is 5.05. The van der Waals surface area contributed by atoms with Gasteiger partial charge in [0.15, 0.2) is 11.5 Å². The van der Waals surface area contributed by atoms with Crippen LogP contribution in [0.1, 0.15) is 40.4 Å². The van der Waals surface area contributed by atoms with Crippen molar-refractivity contribution in [3.05, 3.63) is 95.5 Å². The summed E-state index contributed by atoms with van der Waals surface area (Å²) in [5.74, 6) is -1.07. The number of amides is 1. The predicted molar refractivity (Wildman–Crippen MR) is 114 cm³/mol. The van der Waals surface area contributed by atoms with Crippen molar-refractivity contribution in [3.8, 4) is 11.1 Å². The van der Waals surface area contributed by atoms with Gasteiger partial charge in [-0.1, -0.05) is 6.07 Å². The van der Waals surface area contributed by atoms with Gasteiger partial charge in [-0.05, 0) is 42.3 Å². The first-order valence-corrected chi connectivity index (χ1v) is 10.2. The maximum absolute atomic E-state index is 13.6. The van der Waals surface area contributed by atoms with Crippen molar-refractivity contribution < 1.29 is 26.8 Å². The highest BCUT2D eigenvalue weighted by atomic mass is 19.4. The van der Waals surface area contributed by atoms with E-state index in [-0.39, 0.29) is 34.7 Å². The number of nitrogens with zero attached hydrogens (tertiary/aromatic N) is 4. The van der Waals surface area contributed by atoms with Gasteiger partial charge in [0.25, 0.3) is 11.6 Å². The zero-order valence-corrected chi connectivity index (χ0v) is 18.2. The van der Waals surface area contributed by atoms with E-state index in [4.69, 9.17) is 9.83 Å². The first-order valence-electron chi connectivity index (χ1n) is 10.2. The van der Waals surface area contributed by atoms with E-state index in [0.29, 0.717) is 5.56 Å². The lowest BCUT2D eigenvalue weighted by molar-refractivity contribution is -0.140. The molecule has 0 aliphatic heterocycles. The highest BCUT2D eigenvalue weighted by Gasteiger charge is 2.35. The summed E-state index contributed by atoms with van der Waals surface area (Å²) in [5.41, 5.74) is -0.813. The number of nitrogens with one attached hydrogen (secondary N) is 2. The zero-order chi connectivity index (χ0) is 25.2. The van der Waals surface area contributed by atoms with E-state index < -0.39 is 29.6 Å².